The van der Waals surface area contributed by atoms with Crippen molar-refractivity contribution in [3.05, 3.63) is 29.0 Å². The van der Waals surface area contributed by atoms with Gasteiger partial charge in [-0.1, -0.05) is 24.1 Å². The maximum absolute atomic E-state index is 12.1. The molecule has 27 heavy (non-hydrogen) atoms. The zero-order valence-electron chi connectivity index (χ0n) is 15.9. The van der Waals surface area contributed by atoms with Gasteiger partial charge in [0.25, 0.3) is 0 Å². The zero-order chi connectivity index (χ0) is 19.6. The SMILES string of the molecule is CCOC(=O)c1cc2c(N(C)C)ccc(/N=N/c3nnc(C(C)C)o3)c2s1. The predicted octanol–water partition coefficient (Wildman–Crippen LogP) is 5.07. The standard InChI is InChI=1S/C18H21N5O3S/c1-6-25-17(24)14-9-11-13(23(4)5)8-7-12(15(11)27-14)19-21-18-22-20-16(26-18)10(2)3/h7-10H,6H2,1-5H3/b21-19+. The highest BCUT2D eigenvalue weighted by molar-refractivity contribution is 7.21. The third-order valence-corrected chi connectivity index (χ3v) is 4.90. The number of carbonyl (C=O) groups is 1. The Morgan fingerprint density at radius 1 is 1.30 bits per heavy atom. The lowest BCUT2D eigenvalue weighted by Crippen LogP contribution is -2.08. The summed E-state index contributed by atoms with van der Waals surface area (Å²) in [5.41, 5.74) is 1.61. The van der Waals surface area contributed by atoms with E-state index in [0.29, 0.717) is 23.1 Å². The molecule has 3 aromatic rings. The molecule has 0 amide bonds. The molecule has 0 saturated heterocycles. The first-order valence-corrected chi connectivity index (χ1v) is 9.38. The van der Waals surface area contributed by atoms with E-state index in [1.165, 1.54) is 11.3 Å². The molecule has 0 bridgehead atoms. The summed E-state index contributed by atoms with van der Waals surface area (Å²) in [6.07, 6.45) is 0. The van der Waals surface area contributed by atoms with Crippen LogP contribution in [0.3, 0.4) is 0 Å². The highest BCUT2D eigenvalue weighted by atomic mass is 32.1. The van der Waals surface area contributed by atoms with E-state index in [0.717, 1.165) is 15.8 Å². The van der Waals surface area contributed by atoms with Crippen LogP contribution in [-0.2, 0) is 4.74 Å². The third kappa shape index (κ3) is 3.97. The number of anilines is 1. The van der Waals surface area contributed by atoms with E-state index in [-0.39, 0.29) is 17.9 Å². The second-order valence-electron chi connectivity index (χ2n) is 6.35. The average Bonchev–Trinajstić information content (AvgIpc) is 3.27. The van der Waals surface area contributed by atoms with Gasteiger partial charge in [-0.2, -0.15) is 0 Å². The third-order valence-electron chi connectivity index (χ3n) is 3.77. The number of thiophene rings is 1. The number of aromatic nitrogens is 2. The van der Waals surface area contributed by atoms with Crippen LogP contribution in [0.15, 0.2) is 32.8 Å². The molecule has 2 heterocycles. The van der Waals surface area contributed by atoms with E-state index in [4.69, 9.17) is 9.15 Å². The second-order valence-corrected chi connectivity index (χ2v) is 7.40. The molecule has 0 spiro atoms. The number of ether oxygens (including phenoxy) is 1. The van der Waals surface area contributed by atoms with Crippen LogP contribution in [0, 0.1) is 0 Å². The molecule has 142 valence electrons. The molecule has 0 aliphatic heterocycles. The summed E-state index contributed by atoms with van der Waals surface area (Å²) in [5, 5.41) is 17.1. The summed E-state index contributed by atoms with van der Waals surface area (Å²) in [6.45, 7) is 6.03. The Labute approximate surface area is 160 Å². The van der Waals surface area contributed by atoms with Crippen molar-refractivity contribution in [1.29, 1.82) is 0 Å². The van der Waals surface area contributed by atoms with Crippen LogP contribution in [0.4, 0.5) is 17.4 Å². The van der Waals surface area contributed by atoms with Crippen molar-refractivity contribution < 1.29 is 13.9 Å². The molecule has 0 saturated carbocycles. The van der Waals surface area contributed by atoms with Crippen LogP contribution in [-0.4, -0.2) is 36.9 Å². The molecule has 8 nitrogen and oxygen atoms in total. The topological polar surface area (TPSA) is 93.2 Å². The van der Waals surface area contributed by atoms with Crippen molar-refractivity contribution >= 4 is 44.8 Å². The van der Waals surface area contributed by atoms with Crippen LogP contribution in [0.5, 0.6) is 0 Å². The average molecular weight is 387 g/mol. The number of hydrogen-bond donors (Lipinski definition) is 0. The lowest BCUT2D eigenvalue weighted by atomic mass is 10.2. The van der Waals surface area contributed by atoms with Crippen LogP contribution in [0.1, 0.15) is 42.3 Å². The lowest BCUT2D eigenvalue weighted by Gasteiger charge is -2.13. The van der Waals surface area contributed by atoms with Gasteiger partial charge in [-0.15, -0.1) is 21.5 Å². The summed E-state index contributed by atoms with van der Waals surface area (Å²) >= 11 is 1.33. The zero-order valence-corrected chi connectivity index (χ0v) is 16.7. The Hall–Kier alpha value is -2.81. The van der Waals surface area contributed by atoms with Crippen LogP contribution in [0.25, 0.3) is 10.1 Å². The van der Waals surface area contributed by atoms with E-state index < -0.39 is 0 Å². The quantitative estimate of drug-likeness (QED) is 0.433. The largest absolute Gasteiger partial charge is 0.462 e. The Morgan fingerprint density at radius 3 is 2.70 bits per heavy atom. The molecule has 0 aliphatic rings. The van der Waals surface area contributed by atoms with Crippen molar-refractivity contribution in [3.63, 3.8) is 0 Å². The van der Waals surface area contributed by atoms with Gasteiger partial charge >= 0.3 is 12.0 Å². The van der Waals surface area contributed by atoms with E-state index in [1.54, 1.807) is 6.92 Å². The highest BCUT2D eigenvalue weighted by Crippen LogP contribution is 2.40. The van der Waals surface area contributed by atoms with Gasteiger partial charge < -0.3 is 14.1 Å². The highest BCUT2D eigenvalue weighted by Gasteiger charge is 2.17. The fourth-order valence-corrected chi connectivity index (χ4v) is 3.49. The maximum Gasteiger partial charge on any atom is 0.361 e. The van der Waals surface area contributed by atoms with Gasteiger partial charge in [0.05, 0.1) is 11.3 Å². The minimum Gasteiger partial charge on any atom is -0.462 e. The van der Waals surface area contributed by atoms with Gasteiger partial charge in [-0.05, 0) is 25.1 Å². The summed E-state index contributed by atoms with van der Waals surface area (Å²) < 4.78 is 11.4. The van der Waals surface area contributed by atoms with Crippen molar-refractivity contribution in [2.75, 3.05) is 25.6 Å². The Kier molecular flexibility index (Phi) is 5.50. The number of esters is 1. The fraction of sp³-hybridized carbons (Fsp3) is 0.389. The first-order valence-electron chi connectivity index (χ1n) is 8.56. The van der Waals surface area contributed by atoms with Crippen LogP contribution < -0.4 is 4.90 Å². The van der Waals surface area contributed by atoms with Crippen LogP contribution >= 0.6 is 11.3 Å². The molecular weight excluding hydrogens is 366 g/mol. The predicted molar refractivity (Wildman–Crippen MR) is 105 cm³/mol. The monoisotopic (exact) mass is 387 g/mol. The molecule has 0 N–H and O–H groups in total. The van der Waals surface area contributed by atoms with E-state index >= 15 is 0 Å². The number of azo groups is 1. The van der Waals surface area contributed by atoms with Crippen molar-refractivity contribution in [1.82, 2.24) is 10.2 Å². The maximum atomic E-state index is 12.1. The minimum atomic E-state index is -0.343. The van der Waals surface area contributed by atoms with Gasteiger partial charge in [-0.25, -0.2) is 4.79 Å². The van der Waals surface area contributed by atoms with Crippen molar-refractivity contribution in [2.24, 2.45) is 10.2 Å². The summed E-state index contributed by atoms with van der Waals surface area (Å²) in [6, 6.07) is 5.72. The van der Waals surface area contributed by atoms with E-state index in [2.05, 4.69) is 20.4 Å². The van der Waals surface area contributed by atoms with Gasteiger partial charge in [-0.3, -0.25) is 0 Å². The molecule has 2 aromatic heterocycles. The normalized spacial score (nSPS) is 11.6. The van der Waals surface area contributed by atoms with E-state index in [9.17, 15) is 4.79 Å². The number of hydrogen-bond acceptors (Lipinski definition) is 9. The van der Waals surface area contributed by atoms with Crippen LogP contribution in [0.2, 0.25) is 0 Å². The molecule has 3 rings (SSSR count). The van der Waals surface area contributed by atoms with Gasteiger partial charge in [0, 0.05) is 31.1 Å². The first kappa shape index (κ1) is 19.0. The molecule has 9 heteroatoms. The molecule has 0 radical (unpaired) electrons. The second kappa shape index (κ2) is 7.83. The summed E-state index contributed by atoms with van der Waals surface area (Å²) in [5.74, 6) is 0.291. The summed E-state index contributed by atoms with van der Waals surface area (Å²) in [7, 11) is 3.90. The molecule has 0 fully saturated rings. The molecule has 0 aliphatic carbocycles. The summed E-state index contributed by atoms with van der Waals surface area (Å²) in [4.78, 5) is 14.6. The van der Waals surface area contributed by atoms with Gasteiger partial charge in [0.2, 0.25) is 5.89 Å². The molecule has 0 unspecified atom stereocenters. The first-order chi connectivity index (χ1) is 12.9. The Bertz CT molecular complexity index is 990. The molecular formula is C18H21N5O3S. The van der Waals surface area contributed by atoms with Crippen molar-refractivity contribution in [3.8, 4) is 0 Å². The Balaban J connectivity index is 2.02. The minimum absolute atomic E-state index is 0.103. The van der Waals surface area contributed by atoms with Crippen molar-refractivity contribution in [2.45, 2.75) is 26.7 Å². The van der Waals surface area contributed by atoms with Gasteiger partial charge in [0.1, 0.15) is 10.6 Å². The number of carbonyl (C=O) groups excluding carboxylic acids is 1. The van der Waals surface area contributed by atoms with Gasteiger partial charge in [0.15, 0.2) is 0 Å². The van der Waals surface area contributed by atoms with E-state index in [1.807, 2.05) is 51.0 Å². The fourth-order valence-electron chi connectivity index (χ4n) is 2.46. The Morgan fingerprint density at radius 2 is 2.07 bits per heavy atom. The molecule has 1 aromatic carbocycles. The number of rotatable bonds is 6. The molecule has 0 atom stereocenters. The lowest BCUT2D eigenvalue weighted by molar-refractivity contribution is 0.0532. The number of fused-ring (bicyclic) bond motifs is 1. The number of nitrogens with zero attached hydrogens (tertiary/aromatic N) is 5. The number of benzene rings is 1. The smallest absolute Gasteiger partial charge is 0.361 e.